The predicted octanol–water partition coefficient (Wildman–Crippen LogP) is -2.15. The molecule has 14 heavy (non-hydrogen) atoms. The average molecular weight is 203 g/mol. The minimum Gasteiger partial charge on any atom is -0.320 e. The highest BCUT2D eigenvalue weighted by molar-refractivity contribution is 5.80. The lowest BCUT2D eigenvalue weighted by Crippen LogP contribution is -2.43. The number of hydrazine groups is 2. The van der Waals surface area contributed by atoms with Crippen molar-refractivity contribution < 1.29 is 9.59 Å². The smallest absolute Gasteiger partial charge is 0.250 e. The van der Waals surface area contributed by atoms with Gasteiger partial charge in [-0.3, -0.25) is 20.4 Å². The van der Waals surface area contributed by atoms with E-state index in [0.717, 1.165) is 0 Å². The molecule has 0 aliphatic rings. The minimum absolute atomic E-state index is 0.221. The fourth-order valence-corrected chi connectivity index (χ4v) is 0.960. The maximum Gasteiger partial charge on any atom is 0.250 e. The number of hydrogen-bond donors (Lipinski definition) is 5. The van der Waals surface area contributed by atoms with Crippen molar-refractivity contribution in [2.24, 2.45) is 17.4 Å². The highest BCUT2D eigenvalue weighted by Gasteiger charge is 2.10. The number of nitrogens with one attached hydrogen (secondary N) is 2. The zero-order valence-corrected chi connectivity index (χ0v) is 7.95. The van der Waals surface area contributed by atoms with Gasteiger partial charge in [-0.1, -0.05) is 6.42 Å². The molecule has 2 amide bonds. The fourth-order valence-electron chi connectivity index (χ4n) is 0.960. The second-order valence-corrected chi connectivity index (χ2v) is 2.93. The Morgan fingerprint density at radius 3 is 2.29 bits per heavy atom. The summed E-state index contributed by atoms with van der Waals surface area (Å²) in [5, 5.41) is 0. The number of carbonyl (C=O) groups excluding carboxylic acids is 2. The van der Waals surface area contributed by atoms with E-state index in [0.29, 0.717) is 25.7 Å². The molecular formula is C7H17N5O2. The summed E-state index contributed by atoms with van der Waals surface area (Å²) < 4.78 is 0. The van der Waals surface area contributed by atoms with Crippen LogP contribution in [0, 0.1) is 0 Å². The van der Waals surface area contributed by atoms with Crippen LogP contribution in [0.1, 0.15) is 25.7 Å². The van der Waals surface area contributed by atoms with Gasteiger partial charge in [-0.15, -0.1) is 0 Å². The molecule has 0 aliphatic heterocycles. The van der Waals surface area contributed by atoms with Crippen LogP contribution in [0.25, 0.3) is 0 Å². The summed E-state index contributed by atoms with van der Waals surface area (Å²) >= 11 is 0. The van der Waals surface area contributed by atoms with Crippen molar-refractivity contribution in [3.63, 3.8) is 0 Å². The summed E-state index contributed by atoms with van der Waals surface area (Å²) in [4.78, 5) is 21.5. The van der Waals surface area contributed by atoms with Crippen LogP contribution in [-0.2, 0) is 9.59 Å². The first kappa shape index (κ1) is 12.8. The Bertz CT molecular complexity index is 197. The van der Waals surface area contributed by atoms with Crippen molar-refractivity contribution in [2.45, 2.75) is 31.7 Å². The molecule has 0 aliphatic carbocycles. The highest BCUT2D eigenvalue weighted by Crippen LogP contribution is 2.01. The molecule has 1 unspecified atom stereocenters. The van der Waals surface area contributed by atoms with Crippen molar-refractivity contribution in [3.8, 4) is 0 Å². The third-order valence-electron chi connectivity index (χ3n) is 1.81. The van der Waals surface area contributed by atoms with Gasteiger partial charge in [-0.05, 0) is 12.8 Å². The first-order valence-corrected chi connectivity index (χ1v) is 4.37. The van der Waals surface area contributed by atoms with Crippen molar-refractivity contribution in [3.05, 3.63) is 0 Å². The van der Waals surface area contributed by atoms with Gasteiger partial charge in [0.1, 0.15) is 0 Å². The molecule has 0 aromatic carbocycles. The fraction of sp³-hybridized carbons (Fsp3) is 0.714. The SMILES string of the molecule is NNC(=O)CCCCC(N)C(=O)NN. The number of carbonyl (C=O) groups is 2. The normalized spacial score (nSPS) is 11.9. The summed E-state index contributed by atoms with van der Waals surface area (Å²) in [6.45, 7) is 0. The zero-order chi connectivity index (χ0) is 11.0. The maximum atomic E-state index is 10.8. The summed E-state index contributed by atoms with van der Waals surface area (Å²) in [6.07, 6.45) is 2.17. The summed E-state index contributed by atoms with van der Waals surface area (Å²) in [5.74, 6) is 9.15. The van der Waals surface area contributed by atoms with Gasteiger partial charge in [0, 0.05) is 6.42 Å². The molecule has 8 N–H and O–H groups in total. The lowest BCUT2D eigenvalue weighted by Gasteiger charge is -2.08. The highest BCUT2D eigenvalue weighted by atomic mass is 16.2. The van der Waals surface area contributed by atoms with Gasteiger partial charge >= 0.3 is 0 Å². The molecule has 0 spiro atoms. The number of unbranched alkanes of at least 4 members (excludes halogenated alkanes) is 1. The van der Waals surface area contributed by atoms with Gasteiger partial charge in [-0.2, -0.15) is 0 Å². The summed E-state index contributed by atoms with van der Waals surface area (Å²) in [5.41, 5.74) is 9.44. The molecule has 1 atom stereocenters. The van der Waals surface area contributed by atoms with Gasteiger partial charge in [0.25, 0.3) is 5.91 Å². The quantitative estimate of drug-likeness (QED) is 0.145. The molecule has 7 nitrogen and oxygen atoms in total. The third kappa shape index (κ3) is 5.46. The van der Waals surface area contributed by atoms with Crippen LogP contribution in [0.3, 0.4) is 0 Å². The molecule has 0 aromatic rings. The van der Waals surface area contributed by atoms with E-state index in [2.05, 4.69) is 0 Å². The van der Waals surface area contributed by atoms with Crippen LogP contribution in [-0.4, -0.2) is 17.9 Å². The third-order valence-corrected chi connectivity index (χ3v) is 1.81. The van der Waals surface area contributed by atoms with Gasteiger partial charge < -0.3 is 5.73 Å². The first-order chi connectivity index (χ1) is 6.61. The molecule has 0 aromatic heterocycles. The number of rotatable bonds is 6. The molecule has 0 heterocycles. The number of hydrogen-bond acceptors (Lipinski definition) is 5. The average Bonchev–Trinajstić information content (AvgIpc) is 2.22. The van der Waals surface area contributed by atoms with Crippen LogP contribution >= 0.6 is 0 Å². The Morgan fingerprint density at radius 1 is 1.14 bits per heavy atom. The molecule has 0 rings (SSSR count). The predicted molar refractivity (Wildman–Crippen MR) is 51.1 cm³/mol. The molecule has 0 bridgehead atoms. The minimum atomic E-state index is -0.610. The molecule has 82 valence electrons. The van der Waals surface area contributed by atoms with E-state index in [9.17, 15) is 9.59 Å². The van der Waals surface area contributed by atoms with Crippen molar-refractivity contribution >= 4 is 11.8 Å². The second-order valence-electron chi connectivity index (χ2n) is 2.93. The maximum absolute atomic E-state index is 10.8. The van der Waals surface area contributed by atoms with E-state index in [1.807, 2.05) is 10.9 Å². The Hall–Kier alpha value is -1.18. The van der Waals surface area contributed by atoms with Crippen LogP contribution in [0.5, 0.6) is 0 Å². The van der Waals surface area contributed by atoms with Crippen LogP contribution in [0.2, 0.25) is 0 Å². The van der Waals surface area contributed by atoms with E-state index in [4.69, 9.17) is 17.4 Å². The Morgan fingerprint density at radius 2 is 1.79 bits per heavy atom. The molecule has 7 heteroatoms. The van der Waals surface area contributed by atoms with Crippen molar-refractivity contribution in [1.29, 1.82) is 0 Å². The Labute approximate surface area is 82.3 Å². The summed E-state index contributed by atoms with van der Waals surface area (Å²) in [6, 6.07) is -0.610. The van der Waals surface area contributed by atoms with E-state index in [1.54, 1.807) is 0 Å². The molecule has 0 radical (unpaired) electrons. The van der Waals surface area contributed by atoms with Gasteiger partial charge in [0.05, 0.1) is 6.04 Å². The monoisotopic (exact) mass is 203 g/mol. The van der Waals surface area contributed by atoms with E-state index in [1.165, 1.54) is 0 Å². The van der Waals surface area contributed by atoms with E-state index < -0.39 is 11.9 Å². The lowest BCUT2D eigenvalue weighted by atomic mass is 10.1. The molecule has 0 saturated heterocycles. The van der Waals surface area contributed by atoms with Gasteiger partial charge in [0.15, 0.2) is 0 Å². The Kier molecular flexibility index (Phi) is 6.63. The van der Waals surface area contributed by atoms with Crippen LogP contribution < -0.4 is 28.3 Å². The number of amides is 2. The zero-order valence-electron chi connectivity index (χ0n) is 7.95. The Balaban J connectivity index is 3.45. The topological polar surface area (TPSA) is 136 Å². The van der Waals surface area contributed by atoms with E-state index in [-0.39, 0.29) is 5.91 Å². The van der Waals surface area contributed by atoms with Gasteiger partial charge in [-0.25, -0.2) is 11.7 Å². The van der Waals surface area contributed by atoms with Gasteiger partial charge in [0.2, 0.25) is 5.91 Å². The second kappa shape index (κ2) is 7.25. The molecule has 0 fully saturated rings. The molecular weight excluding hydrogens is 186 g/mol. The molecule has 0 saturated carbocycles. The standard InChI is InChI=1S/C7H17N5O2/c8-5(7(14)12-10)3-1-2-4-6(13)11-9/h5H,1-4,8-10H2,(H,11,13)(H,12,14). The van der Waals surface area contributed by atoms with E-state index >= 15 is 0 Å². The summed E-state index contributed by atoms with van der Waals surface area (Å²) in [7, 11) is 0. The van der Waals surface area contributed by atoms with Crippen molar-refractivity contribution in [1.82, 2.24) is 10.9 Å². The largest absolute Gasteiger partial charge is 0.320 e. The van der Waals surface area contributed by atoms with Crippen LogP contribution in [0.4, 0.5) is 0 Å². The lowest BCUT2D eigenvalue weighted by molar-refractivity contribution is -0.122. The first-order valence-electron chi connectivity index (χ1n) is 4.37. The van der Waals surface area contributed by atoms with Crippen molar-refractivity contribution in [2.75, 3.05) is 0 Å². The van der Waals surface area contributed by atoms with Crippen LogP contribution in [0.15, 0.2) is 0 Å². The number of nitrogens with two attached hydrogens (primary N) is 3.